The van der Waals surface area contributed by atoms with E-state index >= 15 is 0 Å². The van der Waals surface area contributed by atoms with Crippen molar-refractivity contribution in [2.75, 3.05) is 26.2 Å². The maximum absolute atomic E-state index is 12.2. The highest BCUT2D eigenvalue weighted by molar-refractivity contribution is 5.88. The molecule has 2 saturated carbocycles. The summed E-state index contributed by atoms with van der Waals surface area (Å²) in [6.07, 6.45) is 20.7. The van der Waals surface area contributed by atoms with Crippen LogP contribution in [0, 0.1) is 23.7 Å². The van der Waals surface area contributed by atoms with Crippen LogP contribution < -0.4 is 0 Å². The summed E-state index contributed by atoms with van der Waals surface area (Å²) in [7, 11) is 0. The number of esters is 1. The summed E-state index contributed by atoms with van der Waals surface area (Å²) < 4.78 is 5.55. The molecule has 172 valence electrons. The van der Waals surface area contributed by atoms with Crippen LogP contribution in [0.4, 0.5) is 0 Å². The molecule has 0 atom stereocenters. The Labute approximate surface area is 186 Å². The van der Waals surface area contributed by atoms with Gasteiger partial charge in [0.1, 0.15) is 0 Å². The first kappa shape index (κ1) is 23.8. The predicted molar refractivity (Wildman–Crippen MR) is 125 cm³/mol. The van der Waals surface area contributed by atoms with E-state index in [2.05, 4.69) is 18.4 Å². The van der Waals surface area contributed by atoms with Crippen LogP contribution in [0.3, 0.4) is 0 Å². The van der Waals surface area contributed by atoms with Gasteiger partial charge in [-0.15, -0.1) is 0 Å². The van der Waals surface area contributed by atoms with E-state index < -0.39 is 0 Å². The van der Waals surface area contributed by atoms with Gasteiger partial charge < -0.3 is 4.74 Å². The maximum Gasteiger partial charge on any atom is 0.334 e. The average Bonchev–Trinajstić information content (AvgIpc) is 3.28. The number of nitrogens with zero attached hydrogens (tertiary/aromatic N) is 1. The molecule has 3 rings (SSSR count). The second-order valence-corrected chi connectivity index (χ2v) is 10.6. The van der Waals surface area contributed by atoms with Gasteiger partial charge in [-0.2, -0.15) is 0 Å². The molecule has 0 spiro atoms. The highest BCUT2D eigenvalue weighted by Crippen LogP contribution is 2.42. The van der Waals surface area contributed by atoms with Crippen molar-refractivity contribution in [3.05, 3.63) is 12.2 Å². The topological polar surface area (TPSA) is 29.5 Å². The molecule has 0 bridgehead atoms. The van der Waals surface area contributed by atoms with Crippen molar-refractivity contribution in [3.8, 4) is 0 Å². The first-order valence-corrected chi connectivity index (χ1v) is 13.2. The normalized spacial score (nSPS) is 30.3. The number of unbranched alkanes of at least 4 members (excludes halogenated alkanes) is 2. The standard InChI is InChI=1S/C27H47NO2/c1-3-4-5-8-23-9-13-25(14-10-23)26-15-11-24(12-16-26)17-20-30-27(29)22(2)21-28-18-6-7-19-28/h23-26H,2-21H2,1H3. The molecule has 3 fully saturated rings. The number of rotatable bonds is 11. The molecule has 30 heavy (non-hydrogen) atoms. The molecule has 2 aliphatic carbocycles. The molecule has 0 amide bonds. The Bertz CT molecular complexity index is 509. The molecule has 0 N–H and O–H groups in total. The number of carbonyl (C=O) groups excluding carboxylic acids is 1. The number of carbonyl (C=O) groups is 1. The van der Waals surface area contributed by atoms with Crippen molar-refractivity contribution in [1.82, 2.24) is 4.90 Å². The molecule has 1 aliphatic heterocycles. The van der Waals surface area contributed by atoms with Gasteiger partial charge in [-0.25, -0.2) is 4.79 Å². The summed E-state index contributed by atoms with van der Waals surface area (Å²) in [5.74, 6) is 3.58. The number of hydrogen-bond donors (Lipinski definition) is 0. The summed E-state index contributed by atoms with van der Waals surface area (Å²) >= 11 is 0. The second kappa shape index (κ2) is 12.9. The van der Waals surface area contributed by atoms with Crippen molar-refractivity contribution in [3.63, 3.8) is 0 Å². The third-order valence-corrected chi connectivity index (χ3v) is 8.33. The summed E-state index contributed by atoms with van der Waals surface area (Å²) in [6.45, 7) is 9.72. The minimum Gasteiger partial charge on any atom is -0.462 e. The van der Waals surface area contributed by atoms with Gasteiger partial charge in [0.05, 0.1) is 6.61 Å². The van der Waals surface area contributed by atoms with E-state index in [0.717, 1.165) is 43.2 Å². The van der Waals surface area contributed by atoms with E-state index in [1.807, 2.05) is 0 Å². The van der Waals surface area contributed by atoms with Gasteiger partial charge in [0.25, 0.3) is 0 Å². The van der Waals surface area contributed by atoms with Crippen molar-refractivity contribution >= 4 is 5.97 Å². The zero-order chi connectivity index (χ0) is 21.2. The lowest BCUT2D eigenvalue weighted by Crippen LogP contribution is -2.27. The molecule has 1 saturated heterocycles. The SMILES string of the molecule is C=C(CN1CCCC1)C(=O)OCCC1CCC(C2CCC(CCCCC)CC2)CC1. The molecule has 0 aromatic heterocycles. The van der Waals surface area contributed by atoms with Crippen LogP contribution in [0.25, 0.3) is 0 Å². The summed E-state index contributed by atoms with van der Waals surface area (Å²) in [5.41, 5.74) is 0.630. The van der Waals surface area contributed by atoms with Crippen molar-refractivity contribution < 1.29 is 9.53 Å². The molecule has 3 aliphatic rings. The monoisotopic (exact) mass is 417 g/mol. The van der Waals surface area contributed by atoms with E-state index in [1.165, 1.54) is 89.9 Å². The van der Waals surface area contributed by atoms with Crippen molar-refractivity contribution in [1.29, 1.82) is 0 Å². The molecule has 0 unspecified atom stereocenters. The fraction of sp³-hybridized carbons (Fsp3) is 0.889. The smallest absolute Gasteiger partial charge is 0.334 e. The number of ether oxygens (including phenoxy) is 1. The lowest BCUT2D eigenvalue weighted by atomic mass is 9.68. The van der Waals surface area contributed by atoms with Gasteiger partial charge in [0.2, 0.25) is 0 Å². The first-order chi connectivity index (χ1) is 14.7. The Morgan fingerprint density at radius 3 is 2.00 bits per heavy atom. The summed E-state index contributed by atoms with van der Waals surface area (Å²) in [5, 5.41) is 0. The van der Waals surface area contributed by atoms with Gasteiger partial charge in [-0.05, 0) is 81.7 Å². The zero-order valence-corrected chi connectivity index (χ0v) is 19.7. The quantitative estimate of drug-likeness (QED) is 0.211. The van der Waals surface area contributed by atoms with Crippen LogP contribution in [0.15, 0.2) is 12.2 Å². The van der Waals surface area contributed by atoms with Crippen LogP contribution in [-0.2, 0) is 9.53 Å². The molecular weight excluding hydrogens is 370 g/mol. The lowest BCUT2D eigenvalue weighted by Gasteiger charge is -2.38. The fourth-order valence-corrected chi connectivity index (χ4v) is 6.28. The Kier molecular flexibility index (Phi) is 10.2. The van der Waals surface area contributed by atoms with Gasteiger partial charge in [0, 0.05) is 12.1 Å². The molecule has 3 nitrogen and oxygen atoms in total. The van der Waals surface area contributed by atoms with E-state index in [-0.39, 0.29) is 5.97 Å². The minimum absolute atomic E-state index is 0.175. The molecule has 0 aromatic rings. The highest BCUT2D eigenvalue weighted by atomic mass is 16.5. The average molecular weight is 418 g/mol. The minimum atomic E-state index is -0.175. The van der Waals surface area contributed by atoms with Gasteiger partial charge in [-0.3, -0.25) is 4.90 Å². The van der Waals surface area contributed by atoms with Crippen LogP contribution in [0.1, 0.15) is 103 Å². The van der Waals surface area contributed by atoms with Crippen LogP contribution in [0.2, 0.25) is 0 Å². The molecule has 0 radical (unpaired) electrons. The molecular formula is C27H47NO2. The molecule has 3 heteroatoms. The molecule has 1 heterocycles. The first-order valence-electron chi connectivity index (χ1n) is 13.2. The Morgan fingerprint density at radius 1 is 0.867 bits per heavy atom. The van der Waals surface area contributed by atoms with Gasteiger partial charge in [0.15, 0.2) is 0 Å². The van der Waals surface area contributed by atoms with E-state index in [9.17, 15) is 4.79 Å². The van der Waals surface area contributed by atoms with Crippen LogP contribution >= 0.6 is 0 Å². The third-order valence-electron chi connectivity index (χ3n) is 8.33. The largest absolute Gasteiger partial charge is 0.462 e. The van der Waals surface area contributed by atoms with E-state index in [1.54, 1.807) is 0 Å². The lowest BCUT2D eigenvalue weighted by molar-refractivity contribution is -0.139. The third kappa shape index (κ3) is 7.70. The second-order valence-electron chi connectivity index (χ2n) is 10.6. The maximum atomic E-state index is 12.2. The highest BCUT2D eigenvalue weighted by Gasteiger charge is 2.30. The molecule has 0 aromatic carbocycles. The number of likely N-dealkylation sites (tertiary alicyclic amines) is 1. The Balaban J connectivity index is 1.24. The fourth-order valence-electron chi connectivity index (χ4n) is 6.28. The summed E-state index contributed by atoms with van der Waals surface area (Å²) in [4.78, 5) is 14.5. The van der Waals surface area contributed by atoms with Gasteiger partial charge >= 0.3 is 5.97 Å². The van der Waals surface area contributed by atoms with Crippen LogP contribution in [0.5, 0.6) is 0 Å². The van der Waals surface area contributed by atoms with Gasteiger partial charge in [-0.1, -0.05) is 64.9 Å². The van der Waals surface area contributed by atoms with E-state index in [0.29, 0.717) is 18.7 Å². The predicted octanol–water partition coefficient (Wildman–Crippen LogP) is 6.76. The Hall–Kier alpha value is -0.830. The zero-order valence-electron chi connectivity index (χ0n) is 19.7. The van der Waals surface area contributed by atoms with E-state index in [4.69, 9.17) is 4.74 Å². The van der Waals surface area contributed by atoms with Crippen LogP contribution in [-0.4, -0.2) is 37.1 Å². The van der Waals surface area contributed by atoms with Crippen molar-refractivity contribution in [2.45, 2.75) is 103 Å². The Morgan fingerprint density at radius 2 is 1.43 bits per heavy atom. The summed E-state index contributed by atoms with van der Waals surface area (Å²) in [6, 6.07) is 0. The van der Waals surface area contributed by atoms with Crippen molar-refractivity contribution in [2.24, 2.45) is 23.7 Å². The number of hydrogen-bond acceptors (Lipinski definition) is 3.